The van der Waals surface area contributed by atoms with Crippen molar-refractivity contribution in [2.24, 2.45) is 5.10 Å². The highest BCUT2D eigenvalue weighted by Gasteiger charge is 2.13. The normalized spacial score (nSPS) is 10.8. The van der Waals surface area contributed by atoms with Crippen LogP contribution in [0.25, 0.3) is 0 Å². The minimum Gasteiger partial charge on any atom is -0.488 e. The van der Waals surface area contributed by atoms with Crippen molar-refractivity contribution in [1.82, 2.24) is 5.43 Å². The van der Waals surface area contributed by atoms with E-state index in [-0.39, 0.29) is 17.2 Å². The molecule has 0 aliphatic rings. The third-order valence-corrected chi connectivity index (χ3v) is 5.27. The summed E-state index contributed by atoms with van der Waals surface area (Å²) in [4.78, 5) is 23.8. The third-order valence-electron chi connectivity index (χ3n) is 4.06. The first-order chi connectivity index (χ1) is 15.3. The Kier molecular flexibility index (Phi) is 8.21. The van der Waals surface area contributed by atoms with Crippen LogP contribution in [0.2, 0.25) is 10.0 Å². The first-order valence-corrected chi connectivity index (χ1v) is 10.6. The van der Waals surface area contributed by atoms with E-state index in [1.54, 1.807) is 42.5 Å². The van der Waals surface area contributed by atoms with Gasteiger partial charge in [-0.1, -0.05) is 35.3 Å². The van der Waals surface area contributed by atoms with E-state index in [1.165, 1.54) is 24.4 Å². The molecule has 3 aromatic carbocycles. The molecular weight excluding hydrogens is 524 g/mol. The highest BCUT2D eigenvalue weighted by molar-refractivity contribution is 9.10. The summed E-state index contributed by atoms with van der Waals surface area (Å²) in [5, 5.41) is 6.89. The van der Waals surface area contributed by atoms with E-state index in [2.05, 4.69) is 31.8 Å². The maximum atomic E-state index is 13.9. The second kappa shape index (κ2) is 11.1. The Balaban J connectivity index is 1.55. The molecule has 0 bridgehead atoms. The Hall–Kier alpha value is -2.94. The van der Waals surface area contributed by atoms with Crippen molar-refractivity contribution < 1.29 is 18.7 Å². The number of rotatable bonds is 6. The molecule has 0 aliphatic carbocycles. The lowest BCUT2D eigenvalue weighted by molar-refractivity contribution is -0.136. The van der Waals surface area contributed by atoms with Crippen molar-refractivity contribution in [1.29, 1.82) is 0 Å². The van der Waals surface area contributed by atoms with Crippen molar-refractivity contribution >= 4 is 62.8 Å². The third kappa shape index (κ3) is 6.53. The molecule has 0 radical (unpaired) electrons. The van der Waals surface area contributed by atoms with E-state index in [0.717, 1.165) is 0 Å². The molecule has 0 atom stereocenters. The predicted octanol–water partition coefficient (Wildman–Crippen LogP) is 5.56. The minimum absolute atomic E-state index is 0.0463. The minimum atomic E-state index is -0.943. The fraction of sp³-hybridized carbons (Fsp3) is 0.0455. The summed E-state index contributed by atoms with van der Waals surface area (Å²) in [5.41, 5.74) is 3.40. The van der Waals surface area contributed by atoms with Crippen LogP contribution in [0.15, 0.2) is 70.2 Å². The molecule has 0 spiro atoms. The SMILES string of the molecule is O=C(N/N=C\c1ccc(OCc2c(F)cccc2Cl)c(Br)c1)C(=O)Nc1cccc(Cl)c1. The second-order valence-electron chi connectivity index (χ2n) is 6.34. The van der Waals surface area contributed by atoms with E-state index in [1.807, 2.05) is 0 Å². The standard InChI is InChI=1S/C22H15BrCl2FN3O3/c23-17-9-13(7-8-20(17)32-12-16-18(25)5-2-6-19(16)26)11-27-29-22(31)21(30)28-15-4-1-3-14(24)10-15/h1-11H,12H2,(H,28,30)(H,29,31)/b27-11-. The molecule has 0 aromatic heterocycles. The number of hydrogen-bond acceptors (Lipinski definition) is 4. The van der Waals surface area contributed by atoms with Crippen LogP contribution in [0.4, 0.5) is 10.1 Å². The average molecular weight is 539 g/mol. The van der Waals surface area contributed by atoms with Crippen LogP contribution in [0.5, 0.6) is 5.75 Å². The zero-order valence-electron chi connectivity index (χ0n) is 16.2. The number of benzene rings is 3. The van der Waals surface area contributed by atoms with Crippen molar-refractivity contribution in [2.45, 2.75) is 6.61 Å². The molecule has 10 heteroatoms. The number of anilines is 1. The van der Waals surface area contributed by atoms with Crippen molar-refractivity contribution in [3.8, 4) is 5.75 Å². The molecule has 0 unspecified atom stereocenters. The molecule has 164 valence electrons. The monoisotopic (exact) mass is 537 g/mol. The summed E-state index contributed by atoms with van der Waals surface area (Å²) in [6.45, 7) is -0.0463. The molecule has 3 aromatic rings. The lowest BCUT2D eigenvalue weighted by Crippen LogP contribution is -2.32. The summed E-state index contributed by atoms with van der Waals surface area (Å²) in [6.07, 6.45) is 1.35. The van der Waals surface area contributed by atoms with Gasteiger partial charge >= 0.3 is 11.8 Å². The van der Waals surface area contributed by atoms with Crippen LogP contribution in [-0.2, 0) is 16.2 Å². The topological polar surface area (TPSA) is 79.8 Å². The van der Waals surface area contributed by atoms with Crippen LogP contribution < -0.4 is 15.5 Å². The van der Waals surface area contributed by atoms with Crippen LogP contribution >= 0.6 is 39.1 Å². The number of nitrogens with one attached hydrogen (secondary N) is 2. The Morgan fingerprint density at radius 1 is 1.06 bits per heavy atom. The number of hydrogen-bond donors (Lipinski definition) is 2. The lowest BCUT2D eigenvalue weighted by atomic mass is 10.2. The number of carbonyl (C=O) groups excluding carboxylic acids is 2. The molecule has 0 aliphatic heterocycles. The number of halogens is 4. The summed E-state index contributed by atoms with van der Waals surface area (Å²) in [6, 6.07) is 15.8. The lowest BCUT2D eigenvalue weighted by Gasteiger charge is -2.10. The molecular formula is C22H15BrCl2FN3O3. The quantitative estimate of drug-likeness (QED) is 0.245. The smallest absolute Gasteiger partial charge is 0.329 e. The average Bonchev–Trinajstić information content (AvgIpc) is 2.74. The maximum Gasteiger partial charge on any atom is 0.329 e. The molecule has 0 saturated carbocycles. The highest BCUT2D eigenvalue weighted by atomic mass is 79.9. The molecule has 0 saturated heterocycles. The molecule has 6 nitrogen and oxygen atoms in total. The van der Waals surface area contributed by atoms with E-state index < -0.39 is 17.6 Å². The molecule has 32 heavy (non-hydrogen) atoms. The highest BCUT2D eigenvalue weighted by Crippen LogP contribution is 2.28. The summed E-state index contributed by atoms with van der Waals surface area (Å²) < 4.78 is 20.1. The largest absolute Gasteiger partial charge is 0.488 e. The number of hydrazone groups is 1. The van der Waals surface area contributed by atoms with Gasteiger partial charge in [0.1, 0.15) is 18.2 Å². The van der Waals surface area contributed by atoms with Gasteiger partial charge in [-0.05, 0) is 70.0 Å². The first-order valence-electron chi connectivity index (χ1n) is 9.08. The molecule has 0 fully saturated rings. The predicted molar refractivity (Wildman–Crippen MR) is 126 cm³/mol. The van der Waals surface area contributed by atoms with Gasteiger partial charge in [0.05, 0.1) is 15.7 Å². The van der Waals surface area contributed by atoms with Gasteiger partial charge in [-0.2, -0.15) is 5.10 Å². The Morgan fingerprint density at radius 2 is 1.84 bits per heavy atom. The van der Waals surface area contributed by atoms with Crippen LogP contribution in [0.1, 0.15) is 11.1 Å². The molecule has 0 heterocycles. The zero-order chi connectivity index (χ0) is 23.1. The number of carbonyl (C=O) groups is 2. The Labute approximate surface area is 201 Å². The Morgan fingerprint density at radius 3 is 2.56 bits per heavy atom. The van der Waals surface area contributed by atoms with Gasteiger partial charge in [0.15, 0.2) is 0 Å². The summed E-state index contributed by atoms with van der Waals surface area (Å²) in [7, 11) is 0. The van der Waals surface area contributed by atoms with Crippen LogP contribution in [-0.4, -0.2) is 18.0 Å². The fourth-order valence-corrected chi connectivity index (χ4v) is 3.42. The van der Waals surface area contributed by atoms with Crippen LogP contribution in [0.3, 0.4) is 0 Å². The van der Waals surface area contributed by atoms with Crippen molar-refractivity contribution in [3.05, 3.63) is 92.1 Å². The zero-order valence-corrected chi connectivity index (χ0v) is 19.3. The van der Waals surface area contributed by atoms with Gasteiger partial charge in [0.2, 0.25) is 0 Å². The van der Waals surface area contributed by atoms with E-state index in [0.29, 0.717) is 26.5 Å². The molecule has 2 amide bonds. The van der Waals surface area contributed by atoms with E-state index in [4.69, 9.17) is 27.9 Å². The van der Waals surface area contributed by atoms with E-state index >= 15 is 0 Å². The van der Waals surface area contributed by atoms with Crippen molar-refractivity contribution in [3.63, 3.8) is 0 Å². The maximum absolute atomic E-state index is 13.9. The second-order valence-corrected chi connectivity index (χ2v) is 8.04. The Bertz CT molecular complexity index is 1170. The van der Waals surface area contributed by atoms with Gasteiger partial charge in [-0.15, -0.1) is 0 Å². The van der Waals surface area contributed by atoms with Crippen LogP contribution in [0, 0.1) is 5.82 Å². The van der Waals surface area contributed by atoms with Gasteiger partial charge in [0, 0.05) is 16.3 Å². The first kappa shape index (κ1) is 23.7. The fourth-order valence-electron chi connectivity index (χ4n) is 2.50. The van der Waals surface area contributed by atoms with Gasteiger partial charge in [0.25, 0.3) is 0 Å². The van der Waals surface area contributed by atoms with Gasteiger partial charge in [-0.25, -0.2) is 9.82 Å². The molecule has 2 N–H and O–H groups in total. The van der Waals surface area contributed by atoms with Gasteiger partial charge < -0.3 is 10.1 Å². The number of nitrogens with zero attached hydrogens (tertiary/aromatic N) is 1. The summed E-state index contributed by atoms with van der Waals surface area (Å²) >= 11 is 15.2. The number of amides is 2. The summed E-state index contributed by atoms with van der Waals surface area (Å²) in [5.74, 6) is -1.82. The number of ether oxygens (including phenoxy) is 1. The van der Waals surface area contributed by atoms with Crippen molar-refractivity contribution in [2.75, 3.05) is 5.32 Å². The molecule has 3 rings (SSSR count). The van der Waals surface area contributed by atoms with E-state index in [9.17, 15) is 14.0 Å². The van der Waals surface area contributed by atoms with Gasteiger partial charge in [-0.3, -0.25) is 9.59 Å².